The summed E-state index contributed by atoms with van der Waals surface area (Å²) in [6.45, 7) is 3.90. The third-order valence-corrected chi connectivity index (χ3v) is 5.71. The van der Waals surface area contributed by atoms with Gasteiger partial charge >= 0.3 is 0 Å². The van der Waals surface area contributed by atoms with Gasteiger partial charge in [-0.1, -0.05) is 42.0 Å². The lowest BCUT2D eigenvalue weighted by Gasteiger charge is -2.09. The molecule has 1 N–H and O–H groups in total. The minimum absolute atomic E-state index is 0.124. The summed E-state index contributed by atoms with van der Waals surface area (Å²) >= 11 is 1.46. The molecular weight excluding hydrogens is 384 g/mol. The molecule has 150 valence electrons. The molecule has 1 aliphatic heterocycles. The van der Waals surface area contributed by atoms with E-state index < -0.39 is 0 Å². The lowest BCUT2D eigenvalue weighted by atomic mass is 10.1. The molecule has 3 aromatic rings. The normalized spacial score (nSPS) is 16.0. The lowest BCUT2D eigenvalue weighted by molar-refractivity contribution is 0.0854. The SMILES string of the molecule is Cc1cccc(COc2cccc(-c3nc(C(=O)NCC4CCCO4)cs3)c2)c1. The van der Waals surface area contributed by atoms with Crippen molar-refractivity contribution in [3.05, 3.63) is 70.7 Å². The van der Waals surface area contributed by atoms with Gasteiger partial charge in [-0.15, -0.1) is 11.3 Å². The second-order valence-corrected chi connectivity index (χ2v) is 8.05. The van der Waals surface area contributed by atoms with Gasteiger partial charge in [0.2, 0.25) is 0 Å². The number of aryl methyl sites for hydroxylation is 1. The summed E-state index contributed by atoms with van der Waals surface area (Å²) in [4.78, 5) is 16.9. The Bertz CT molecular complexity index is 980. The Balaban J connectivity index is 1.38. The van der Waals surface area contributed by atoms with Gasteiger partial charge in [-0.25, -0.2) is 4.98 Å². The minimum atomic E-state index is -0.158. The highest BCUT2D eigenvalue weighted by Crippen LogP contribution is 2.27. The van der Waals surface area contributed by atoms with E-state index in [1.165, 1.54) is 16.9 Å². The van der Waals surface area contributed by atoms with Gasteiger partial charge in [-0.05, 0) is 37.5 Å². The van der Waals surface area contributed by atoms with Gasteiger partial charge in [-0.2, -0.15) is 0 Å². The van der Waals surface area contributed by atoms with Crippen LogP contribution in [0.2, 0.25) is 0 Å². The van der Waals surface area contributed by atoms with Gasteiger partial charge in [0.05, 0.1) is 6.10 Å². The maximum Gasteiger partial charge on any atom is 0.270 e. The highest BCUT2D eigenvalue weighted by atomic mass is 32.1. The highest BCUT2D eigenvalue weighted by Gasteiger charge is 2.18. The van der Waals surface area contributed by atoms with E-state index in [-0.39, 0.29) is 12.0 Å². The average molecular weight is 409 g/mol. The van der Waals surface area contributed by atoms with Gasteiger partial charge in [0.1, 0.15) is 23.1 Å². The van der Waals surface area contributed by atoms with E-state index in [1.807, 2.05) is 30.3 Å². The van der Waals surface area contributed by atoms with E-state index in [4.69, 9.17) is 9.47 Å². The van der Waals surface area contributed by atoms with Crippen LogP contribution in [0.1, 0.15) is 34.5 Å². The first-order valence-corrected chi connectivity index (χ1v) is 10.7. The first-order valence-electron chi connectivity index (χ1n) is 9.81. The molecule has 0 saturated carbocycles. The van der Waals surface area contributed by atoms with Crippen LogP contribution in [0.5, 0.6) is 5.75 Å². The second kappa shape index (κ2) is 9.20. The fraction of sp³-hybridized carbons (Fsp3) is 0.304. The van der Waals surface area contributed by atoms with Crippen molar-refractivity contribution in [2.45, 2.75) is 32.5 Å². The topological polar surface area (TPSA) is 60.5 Å². The summed E-state index contributed by atoms with van der Waals surface area (Å²) in [5.74, 6) is 0.624. The number of nitrogens with zero attached hydrogens (tertiary/aromatic N) is 1. The second-order valence-electron chi connectivity index (χ2n) is 7.19. The zero-order chi connectivity index (χ0) is 20.1. The van der Waals surface area contributed by atoms with E-state index >= 15 is 0 Å². The quantitative estimate of drug-likeness (QED) is 0.620. The van der Waals surface area contributed by atoms with Crippen LogP contribution in [0.3, 0.4) is 0 Å². The molecule has 1 aliphatic rings. The predicted molar refractivity (Wildman–Crippen MR) is 114 cm³/mol. The molecule has 1 unspecified atom stereocenters. The number of carbonyl (C=O) groups excluding carboxylic acids is 1. The van der Waals surface area contributed by atoms with Crippen molar-refractivity contribution in [3.8, 4) is 16.3 Å². The molecule has 4 rings (SSSR count). The first-order chi connectivity index (χ1) is 14.2. The Labute approximate surface area is 174 Å². The van der Waals surface area contributed by atoms with Gasteiger partial charge in [0.15, 0.2) is 0 Å². The monoisotopic (exact) mass is 408 g/mol. The van der Waals surface area contributed by atoms with Crippen LogP contribution in [0, 0.1) is 6.92 Å². The Hall–Kier alpha value is -2.70. The number of carbonyl (C=O) groups is 1. The van der Waals surface area contributed by atoms with Crippen LogP contribution in [0.15, 0.2) is 53.9 Å². The molecule has 1 amide bonds. The van der Waals surface area contributed by atoms with Crippen LogP contribution in [-0.4, -0.2) is 30.1 Å². The molecule has 6 heteroatoms. The predicted octanol–water partition coefficient (Wildman–Crippen LogP) is 4.61. The van der Waals surface area contributed by atoms with Crippen molar-refractivity contribution < 1.29 is 14.3 Å². The summed E-state index contributed by atoms with van der Waals surface area (Å²) < 4.78 is 11.5. The number of amides is 1. The fourth-order valence-electron chi connectivity index (χ4n) is 3.30. The first kappa shape index (κ1) is 19.6. The third-order valence-electron chi connectivity index (χ3n) is 4.82. The summed E-state index contributed by atoms with van der Waals surface area (Å²) in [6.07, 6.45) is 2.18. The van der Waals surface area contributed by atoms with Crippen molar-refractivity contribution in [2.75, 3.05) is 13.2 Å². The number of benzene rings is 2. The van der Waals surface area contributed by atoms with Gasteiger partial charge in [-0.3, -0.25) is 4.79 Å². The fourth-order valence-corrected chi connectivity index (χ4v) is 4.10. The molecule has 0 aliphatic carbocycles. The average Bonchev–Trinajstić information content (AvgIpc) is 3.43. The van der Waals surface area contributed by atoms with E-state index in [0.29, 0.717) is 18.8 Å². The number of thiazole rings is 1. The lowest BCUT2D eigenvalue weighted by Crippen LogP contribution is -2.31. The highest BCUT2D eigenvalue weighted by molar-refractivity contribution is 7.13. The molecule has 0 spiro atoms. The van der Waals surface area contributed by atoms with Crippen molar-refractivity contribution in [1.29, 1.82) is 0 Å². The van der Waals surface area contributed by atoms with E-state index in [0.717, 1.165) is 41.3 Å². The van der Waals surface area contributed by atoms with Gasteiger partial charge < -0.3 is 14.8 Å². The van der Waals surface area contributed by atoms with Crippen molar-refractivity contribution in [3.63, 3.8) is 0 Å². The van der Waals surface area contributed by atoms with Crippen molar-refractivity contribution in [2.24, 2.45) is 0 Å². The maximum absolute atomic E-state index is 12.4. The molecule has 1 fully saturated rings. The number of aromatic nitrogens is 1. The molecule has 1 atom stereocenters. The van der Waals surface area contributed by atoms with Crippen LogP contribution in [-0.2, 0) is 11.3 Å². The van der Waals surface area contributed by atoms with Crippen molar-refractivity contribution in [1.82, 2.24) is 10.3 Å². The number of nitrogens with one attached hydrogen (secondary N) is 1. The molecule has 2 heterocycles. The Morgan fingerprint density at radius 1 is 1.28 bits per heavy atom. The molecular formula is C23H24N2O3S. The van der Waals surface area contributed by atoms with Crippen molar-refractivity contribution >= 4 is 17.2 Å². The van der Waals surface area contributed by atoms with Gasteiger partial charge in [0, 0.05) is 24.1 Å². The standard InChI is InChI=1S/C23H24N2O3S/c1-16-5-2-6-17(11-16)14-28-19-8-3-7-18(12-19)23-25-21(15-29-23)22(26)24-13-20-9-4-10-27-20/h2-3,5-8,11-12,15,20H,4,9-10,13-14H2,1H3,(H,24,26). The third kappa shape index (κ3) is 5.22. The zero-order valence-electron chi connectivity index (χ0n) is 16.4. The largest absolute Gasteiger partial charge is 0.489 e. The summed E-state index contributed by atoms with van der Waals surface area (Å²) in [7, 11) is 0. The number of hydrogen-bond donors (Lipinski definition) is 1. The Kier molecular flexibility index (Phi) is 6.22. The Morgan fingerprint density at radius 3 is 3.00 bits per heavy atom. The van der Waals surface area contributed by atoms with Gasteiger partial charge in [0.25, 0.3) is 5.91 Å². The summed E-state index contributed by atoms with van der Waals surface area (Å²) in [6, 6.07) is 16.1. The Morgan fingerprint density at radius 2 is 2.17 bits per heavy atom. The number of rotatable bonds is 7. The van der Waals surface area contributed by atoms with Crippen LogP contribution >= 0.6 is 11.3 Å². The molecule has 1 saturated heterocycles. The molecule has 5 nitrogen and oxygen atoms in total. The molecule has 29 heavy (non-hydrogen) atoms. The number of hydrogen-bond acceptors (Lipinski definition) is 5. The van der Waals surface area contributed by atoms with E-state index in [2.05, 4.69) is 35.4 Å². The van der Waals surface area contributed by atoms with Crippen LogP contribution in [0.25, 0.3) is 10.6 Å². The maximum atomic E-state index is 12.4. The zero-order valence-corrected chi connectivity index (χ0v) is 17.2. The van der Waals surface area contributed by atoms with E-state index in [9.17, 15) is 4.79 Å². The molecule has 0 radical (unpaired) electrons. The van der Waals surface area contributed by atoms with Crippen LogP contribution in [0.4, 0.5) is 0 Å². The smallest absolute Gasteiger partial charge is 0.270 e. The summed E-state index contributed by atoms with van der Waals surface area (Å²) in [5.41, 5.74) is 3.73. The molecule has 1 aromatic heterocycles. The minimum Gasteiger partial charge on any atom is -0.489 e. The molecule has 0 bridgehead atoms. The summed E-state index contributed by atoms with van der Waals surface area (Å²) in [5, 5.41) is 5.51. The van der Waals surface area contributed by atoms with Crippen LogP contribution < -0.4 is 10.1 Å². The number of ether oxygens (including phenoxy) is 2. The van der Waals surface area contributed by atoms with E-state index in [1.54, 1.807) is 5.38 Å². The molecule has 2 aromatic carbocycles.